The molecule has 0 atom stereocenters. The highest BCUT2D eigenvalue weighted by Crippen LogP contribution is 2.30. The molecule has 1 aromatic carbocycles. The number of quaternary nitrogens is 1. The van der Waals surface area contributed by atoms with E-state index in [0.29, 0.717) is 18.0 Å². The third-order valence-corrected chi connectivity index (χ3v) is 3.11. The Labute approximate surface area is 129 Å². The molecule has 0 spiro atoms. The zero-order chi connectivity index (χ0) is 15.8. The molecule has 0 saturated heterocycles. The molecule has 6 heteroatoms. The quantitative estimate of drug-likeness (QED) is 0.729. The first-order chi connectivity index (χ1) is 10.7. The van der Waals surface area contributed by atoms with E-state index in [1.807, 2.05) is 30.5 Å². The van der Waals surface area contributed by atoms with Crippen molar-refractivity contribution in [2.24, 2.45) is 5.73 Å². The van der Waals surface area contributed by atoms with E-state index in [9.17, 15) is 4.79 Å². The van der Waals surface area contributed by atoms with Gasteiger partial charge in [0, 0.05) is 18.0 Å². The Bertz CT molecular complexity index is 617. The highest BCUT2D eigenvalue weighted by atomic mass is 16.5. The number of ether oxygens (including phenoxy) is 2. The molecule has 1 heterocycles. The van der Waals surface area contributed by atoms with Crippen LogP contribution in [-0.4, -0.2) is 24.6 Å². The number of carbonyl (C=O) groups is 1. The van der Waals surface area contributed by atoms with E-state index in [-0.39, 0.29) is 6.61 Å². The molecule has 1 aromatic heterocycles. The molecule has 0 bridgehead atoms. The summed E-state index contributed by atoms with van der Waals surface area (Å²) in [5.41, 5.74) is 7.23. The summed E-state index contributed by atoms with van der Waals surface area (Å²) in [7, 11) is 1.57. The summed E-state index contributed by atoms with van der Waals surface area (Å²) in [6.45, 7) is 1.33. The zero-order valence-electron chi connectivity index (χ0n) is 12.5. The second kappa shape index (κ2) is 7.99. The van der Waals surface area contributed by atoms with Crippen LogP contribution in [0.2, 0.25) is 0 Å². The van der Waals surface area contributed by atoms with Crippen LogP contribution in [0.1, 0.15) is 11.1 Å². The Kier molecular flexibility index (Phi) is 5.73. The normalized spacial score (nSPS) is 10.2. The summed E-state index contributed by atoms with van der Waals surface area (Å²) in [5, 5.41) is 2.13. The number of benzene rings is 1. The van der Waals surface area contributed by atoms with Gasteiger partial charge in [-0.05, 0) is 18.2 Å². The maximum Gasteiger partial charge on any atom is 0.255 e. The number of para-hydroxylation sites is 1. The minimum absolute atomic E-state index is 0.171. The summed E-state index contributed by atoms with van der Waals surface area (Å²) >= 11 is 0. The molecule has 2 aromatic rings. The van der Waals surface area contributed by atoms with Crippen LogP contribution < -0.4 is 20.5 Å². The third kappa shape index (κ3) is 4.46. The highest BCUT2D eigenvalue weighted by Gasteiger charge is 2.13. The predicted molar refractivity (Wildman–Crippen MR) is 81.3 cm³/mol. The van der Waals surface area contributed by atoms with Crippen molar-refractivity contribution < 1.29 is 19.6 Å². The van der Waals surface area contributed by atoms with E-state index in [4.69, 9.17) is 15.2 Å². The van der Waals surface area contributed by atoms with Gasteiger partial charge in [0.25, 0.3) is 5.91 Å². The molecule has 0 aliphatic heterocycles. The molecule has 0 aliphatic carbocycles. The van der Waals surface area contributed by atoms with Crippen molar-refractivity contribution in [2.75, 3.05) is 13.7 Å². The Hall–Kier alpha value is -2.60. The highest BCUT2D eigenvalue weighted by molar-refractivity contribution is 5.75. The van der Waals surface area contributed by atoms with Crippen LogP contribution in [-0.2, 0) is 17.9 Å². The lowest BCUT2D eigenvalue weighted by Crippen LogP contribution is -2.80. The fourth-order valence-electron chi connectivity index (χ4n) is 2.10. The zero-order valence-corrected chi connectivity index (χ0v) is 12.5. The first-order valence-corrected chi connectivity index (χ1v) is 6.98. The Morgan fingerprint density at radius 1 is 1.27 bits per heavy atom. The number of nitrogens with two attached hydrogens (primary N) is 2. The average Bonchev–Trinajstić information content (AvgIpc) is 2.54. The summed E-state index contributed by atoms with van der Waals surface area (Å²) in [5.74, 6) is 0.635. The third-order valence-electron chi connectivity index (χ3n) is 3.11. The topological polar surface area (TPSA) is 91.1 Å². The van der Waals surface area contributed by atoms with E-state index in [0.717, 1.165) is 17.7 Å². The van der Waals surface area contributed by atoms with Crippen molar-refractivity contribution in [1.29, 1.82) is 0 Å². The number of methoxy groups -OCH3 is 1. The van der Waals surface area contributed by atoms with E-state index in [2.05, 4.69) is 10.3 Å². The molecular formula is C16H20N3O3+. The van der Waals surface area contributed by atoms with Gasteiger partial charge >= 0.3 is 0 Å². The minimum atomic E-state index is -0.517. The maximum absolute atomic E-state index is 10.9. The van der Waals surface area contributed by atoms with Crippen molar-refractivity contribution >= 4 is 5.91 Å². The SMILES string of the molecule is COc1cccc(C[NH2+]Cc2cccnc2)c1OCC(N)=O. The molecule has 116 valence electrons. The molecule has 0 unspecified atom stereocenters. The molecule has 22 heavy (non-hydrogen) atoms. The van der Waals surface area contributed by atoms with E-state index in [1.165, 1.54) is 0 Å². The number of amides is 1. The molecule has 4 N–H and O–H groups in total. The first kappa shape index (κ1) is 15.8. The van der Waals surface area contributed by atoms with Crippen LogP contribution in [0.15, 0.2) is 42.7 Å². The first-order valence-electron chi connectivity index (χ1n) is 6.98. The van der Waals surface area contributed by atoms with Gasteiger partial charge in [-0.25, -0.2) is 0 Å². The van der Waals surface area contributed by atoms with Gasteiger partial charge in [-0.3, -0.25) is 9.78 Å². The van der Waals surface area contributed by atoms with Gasteiger partial charge in [0.05, 0.1) is 12.7 Å². The monoisotopic (exact) mass is 302 g/mol. The minimum Gasteiger partial charge on any atom is -0.493 e. The number of hydrogen-bond donors (Lipinski definition) is 2. The number of pyridine rings is 1. The van der Waals surface area contributed by atoms with Crippen LogP contribution in [0.3, 0.4) is 0 Å². The number of nitrogens with zero attached hydrogens (tertiary/aromatic N) is 1. The van der Waals surface area contributed by atoms with Gasteiger partial charge < -0.3 is 20.5 Å². The lowest BCUT2D eigenvalue weighted by molar-refractivity contribution is -0.686. The Balaban J connectivity index is 2.04. The molecule has 0 radical (unpaired) electrons. The average molecular weight is 302 g/mol. The lowest BCUT2D eigenvalue weighted by Gasteiger charge is -2.13. The van der Waals surface area contributed by atoms with E-state index >= 15 is 0 Å². The van der Waals surface area contributed by atoms with Gasteiger partial charge in [-0.15, -0.1) is 0 Å². The molecule has 1 amide bonds. The van der Waals surface area contributed by atoms with Gasteiger partial charge in [0.15, 0.2) is 18.1 Å². The second-order valence-electron chi connectivity index (χ2n) is 4.76. The molecule has 0 aliphatic rings. The van der Waals surface area contributed by atoms with Gasteiger partial charge in [0.1, 0.15) is 13.1 Å². The largest absolute Gasteiger partial charge is 0.493 e. The van der Waals surface area contributed by atoms with Gasteiger partial charge in [-0.2, -0.15) is 0 Å². The Morgan fingerprint density at radius 3 is 2.82 bits per heavy atom. The smallest absolute Gasteiger partial charge is 0.255 e. The number of aromatic nitrogens is 1. The molecule has 2 rings (SSSR count). The van der Waals surface area contributed by atoms with Gasteiger partial charge in [-0.1, -0.05) is 12.1 Å². The number of hydrogen-bond acceptors (Lipinski definition) is 4. The van der Waals surface area contributed by atoms with Crippen molar-refractivity contribution in [3.05, 3.63) is 53.9 Å². The van der Waals surface area contributed by atoms with Crippen LogP contribution >= 0.6 is 0 Å². The van der Waals surface area contributed by atoms with Crippen LogP contribution in [0.25, 0.3) is 0 Å². The summed E-state index contributed by atoms with van der Waals surface area (Å²) in [4.78, 5) is 15.0. The van der Waals surface area contributed by atoms with E-state index < -0.39 is 5.91 Å². The van der Waals surface area contributed by atoms with Crippen molar-refractivity contribution in [3.63, 3.8) is 0 Å². The van der Waals surface area contributed by atoms with Gasteiger partial charge in [0.2, 0.25) is 0 Å². The summed E-state index contributed by atoms with van der Waals surface area (Å²) in [6, 6.07) is 9.57. The fourth-order valence-corrected chi connectivity index (χ4v) is 2.10. The van der Waals surface area contributed by atoms with Crippen LogP contribution in [0.4, 0.5) is 0 Å². The van der Waals surface area contributed by atoms with E-state index in [1.54, 1.807) is 19.4 Å². The van der Waals surface area contributed by atoms with Crippen molar-refractivity contribution in [2.45, 2.75) is 13.1 Å². The summed E-state index contributed by atoms with van der Waals surface area (Å²) < 4.78 is 10.8. The fraction of sp³-hybridized carbons (Fsp3) is 0.250. The van der Waals surface area contributed by atoms with Crippen molar-refractivity contribution in [1.82, 2.24) is 4.98 Å². The lowest BCUT2D eigenvalue weighted by atomic mass is 10.1. The molecule has 0 fully saturated rings. The van der Waals surface area contributed by atoms with Crippen LogP contribution in [0.5, 0.6) is 11.5 Å². The Morgan fingerprint density at radius 2 is 2.14 bits per heavy atom. The molecule has 0 saturated carbocycles. The van der Waals surface area contributed by atoms with Crippen LogP contribution in [0, 0.1) is 0 Å². The van der Waals surface area contributed by atoms with Crippen molar-refractivity contribution in [3.8, 4) is 11.5 Å². The predicted octanol–water partition coefficient (Wildman–Crippen LogP) is 0.218. The maximum atomic E-state index is 10.9. The molecular weight excluding hydrogens is 282 g/mol. The standard InChI is InChI=1S/C16H19N3O3/c1-21-14-6-2-5-13(16(14)22-11-15(17)20)10-19-9-12-4-3-7-18-8-12/h2-8,19H,9-11H2,1H3,(H2,17,20)/p+1. The molecule has 6 nitrogen and oxygen atoms in total. The number of rotatable bonds is 8. The number of primary amides is 1. The second-order valence-corrected chi connectivity index (χ2v) is 4.76. The summed E-state index contributed by atoms with van der Waals surface area (Å²) in [6.07, 6.45) is 3.59. The number of carbonyl (C=O) groups excluding carboxylic acids is 1.